The van der Waals surface area contributed by atoms with Crippen LogP contribution in [0.5, 0.6) is 0 Å². The SMILES string of the molecule is CC(N)=O.CCOP(CCc1ccc(C(C)(C)S)cc1)OCC. The van der Waals surface area contributed by atoms with Gasteiger partial charge in [0.1, 0.15) is 0 Å². The maximum atomic E-state index is 9.22. The van der Waals surface area contributed by atoms with Gasteiger partial charge >= 0.3 is 0 Å². The molecule has 1 amide bonds. The van der Waals surface area contributed by atoms with Gasteiger partial charge in [0.15, 0.2) is 8.38 Å². The van der Waals surface area contributed by atoms with Crippen LogP contribution in [-0.4, -0.2) is 25.3 Å². The van der Waals surface area contributed by atoms with E-state index in [0.29, 0.717) is 0 Å². The van der Waals surface area contributed by atoms with E-state index in [4.69, 9.17) is 9.05 Å². The monoisotopic (exact) mass is 359 g/mol. The van der Waals surface area contributed by atoms with Gasteiger partial charge in [-0.25, -0.2) is 0 Å². The van der Waals surface area contributed by atoms with E-state index in [0.717, 1.165) is 25.8 Å². The average molecular weight is 359 g/mol. The lowest BCUT2D eigenvalue weighted by Crippen LogP contribution is -2.07. The van der Waals surface area contributed by atoms with E-state index in [1.807, 2.05) is 13.8 Å². The zero-order valence-electron chi connectivity index (χ0n) is 14.8. The van der Waals surface area contributed by atoms with Crippen molar-refractivity contribution in [1.29, 1.82) is 0 Å². The molecule has 0 unspecified atom stereocenters. The Morgan fingerprint density at radius 1 is 1.17 bits per heavy atom. The molecule has 132 valence electrons. The molecule has 0 saturated heterocycles. The van der Waals surface area contributed by atoms with Crippen LogP contribution in [0.2, 0.25) is 0 Å². The number of primary amides is 1. The standard InChI is InChI=1S/C15H25O2PS.C2H5NO/c1-5-16-18(17-6-2)12-11-13-7-9-14(10-8-13)15(3,4)19;1-2(3)4/h7-10,19H,5-6,11-12H2,1-4H3;1H3,(H2,3,4). The third-order valence-corrected chi connectivity index (χ3v) is 4.73. The molecule has 23 heavy (non-hydrogen) atoms. The lowest BCUT2D eigenvalue weighted by atomic mass is 10.0. The summed E-state index contributed by atoms with van der Waals surface area (Å²) in [4.78, 5) is 9.22. The highest BCUT2D eigenvalue weighted by Gasteiger charge is 2.14. The topological polar surface area (TPSA) is 61.6 Å². The van der Waals surface area contributed by atoms with Crippen LogP contribution < -0.4 is 5.73 Å². The Labute approximate surface area is 147 Å². The lowest BCUT2D eigenvalue weighted by Gasteiger charge is -2.19. The summed E-state index contributed by atoms with van der Waals surface area (Å²) in [5.41, 5.74) is 7.05. The predicted molar refractivity (Wildman–Crippen MR) is 102 cm³/mol. The second-order valence-electron chi connectivity index (χ2n) is 5.51. The minimum atomic E-state index is -0.730. The van der Waals surface area contributed by atoms with Crippen LogP contribution in [0.3, 0.4) is 0 Å². The van der Waals surface area contributed by atoms with Crippen molar-refractivity contribution < 1.29 is 13.8 Å². The third-order valence-electron chi connectivity index (χ3n) is 2.79. The molecule has 0 aliphatic rings. The molecule has 6 heteroatoms. The first-order chi connectivity index (χ1) is 10.7. The molecule has 0 bridgehead atoms. The number of benzene rings is 1. The number of rotatable bonds is 8. The van der Waals surface area contributed by atoms with Gasteiger partial charge in [0, 0.05) is 17.8 Å². The molecule has 0 atom stereocenters. The number of carbonyl (C=O) groups is 1. The number of hydrogen-bond acceptors (Lipinski definition) is 4. The van der Waals surface area contributed by atoms with Crippen LogP contribution in [0.1, 0.15) is 45.7 Å². The van der Waals surface area contributed by atoms with E-state index in [9.17, 15) is 4.79 Å². The molecule has 0 aliphatic carbocycles. The van der Waals surface area contributed by atoms with Gasteiger partial charge in [-0.2, -0.15) is 12.6 Å². The highest BCUT2D eigenvalue weighted by Crippen LogP contribution is 2.38. The maximum absolute atomic E-state index is 9.22. The highest BCUT2D eigenvalue weighted by atomic mass is 32.1. The van der Waals surface area contributed by atoms with E-state index in [1.165, 1.54) is 18.1 Å². The largest absolute Gasteiger partial charge is 0.370 e. The molecular weight excluding hydrogens is 329 g/mol. The summed E-state index contributed by atoms with van der Waals surface area (Å²) in [6.45, 7) is 11.0. The van der Waals surface area contributed by atoms with Crippen LogP contribution in [0.4, 0.5) is 0 Å². The van der Waals surface area contributed by atoms with Gasteiger partial charge in [-0.05, 0) is 45.2 Å². The van der Waals surface area contributed by atoms with Crippen molar-refractivity contribution in [3.63, 3.8) is 0 Å². The lowest BCUT2D eigenvalue weighted by molar-refractivity contribution is -0.115. The number of nitrogens with two attached hydrogens (primary N) is 1. The number of carbonyl (C=O) groups excluding carboxylic acids is 1. The molecule has 0 aromatic heterocycles. The minimum Gasteiger partial charge on any atom is -0.370 e. The van der Waals surface area contributed by atoms with E-state index in [1.54, 1.807) is 0 Å². The summed E-state index contributed by atoms with van der Waals surface area (Å²) < 4.78 is 11.1. The first kappa shape index (κ1) is 22.4. The van der Waals surface area contributed by atoms with Gasteiger partial charge in [-0.15, -0.1) is 0 Å². The molecule has 0 saturated carbocycles. The number of hydrogen-bond donors (Lipinski definition) is 2. The van der Waals surface area contributed by atoms with Crippen molar-refractivity contribution in [3.8, 4) is 0 Å². The van der Waals surface area contributed by atoms with Crippen LogP contribution in [0, 0.1) is 0 Å². The van der Waals surface area contributed by atoms with Crippen LogP contribution in [0.25, 0.3) is 0 Å². The van der Waals surface area contributed by atoms with Crippen molar-refractivity contribution in [3.05, 3.63) is 35.4 Å². The Kier molecular flexibility index (Phi) is 11.5. The molecule has 1 rings (SSSR count). The van der Waals surface area contributed by atoms with Crippen LogP contribution >= 0.6 is 21.0 Å². The van der Waals surface area contributed by atoms with Crippen molar-refractivity contribution >= 4 is 26.9 Å². The highest BCUT2D eigenvalue weighted by molar-refractivity contribution is 7.81. The molecule has 1 aromatic carbocycles. The Morgan fingerprint density at radius 3 is 1.96 bits per heavy atom. The quantitative estimate of drug-likeness (QED) is 0.538. The fraction of sp³-hybridized carbons (Fsp3) is 0.588. The molecule has 0 fully saturated rings. The number of amides is 1. The van der Waals surface area contributed by atoms with Crippen molar-refractivity contribution in [2.45, 2.75) is 45.8 Å². The number of thiol groups is 1. The van der Waals surface area contributed by atoms with E-state index in [2.05, 4.69) is 56.5 Å². The van der Waals surface area contributed by atoms with Gasteiger partial charge in [-0.1, -0.05) is 24.3 Å². The van der Waals surface area contributed by atoms with E-state index in [-0.39, 0.29) is 10.7 Å². The van der Waals surface area contributed by atoms with Gasteiger partial charge < -0.3 is 14.8 Å². The molecule has 0 aliphatic heterocycles. The number of aryl methyl sites for hydroxylation is 1. The Bertz CT molecular complexity index is 436. The first-order valence-corrected chi connectivity index (χ1v) is 9.62. The molecule has 0 heterocycles. The van der Waals surface area contributed by atoms with Crippen molar-refractivity contribution in [2.75, 3.05) is 19.4 Å². The first-order valence-electron chi connectivity index (χ1n) is 7.81. The van der Waals surface area contributed by atoms with Gasteiger partial charge in [-0.3, -0.25) is 4.79 Å². The summed E-state index contributed by atoms with van der Waals surface area (Å²) in [5.74, 6) is -0.333. The fourth-order valence-corrected chi connectivity index (χ4v) is 3.25. The average Bonchev–Trinajstić information content (AvgIpc) is 2.44. The van der Waals surface area contributed by atoms with Crippen molar-refractivity contribution in [2.24, 2.45) is 5.73 Å². The molecular formula is C17H30NO3PS. The third kappa shape index (κ3) is 11.5. The van der Waals surface area contributed by atoms with Gasteiger partial charge in [0.25, 0.3) is 0 Å². The zero-order chi connectivity index (χ0) is 17.9. The Hall–Kier alpha value is -0.610. The van der Waals surface area contributed by atoms with Crippen LogP contribution in [0.15, 0.2) is 24.3 Å². The molecule has 0 spiro atoms. The van der Waals surface area contributed by atoms with E-state index < -0.39 is 8.38 Å². The molecule has 2 N–H and O–H groups in total. The smallest absolute Gasteiger partial charge is 0.214 e. The molecule has 4 nitrogen and oxygen atoms in total. The van der Waals surface area contributed by atoms with Gasteiger partial charge in [0.05, 0.1) is 13.2 Å². The zero-order valence-corrected chi connectivity index (χ0v) is 16.6. The van der Waals surface area contributed by atoms with Crippen LogP contribution in [-0.2, 0) is 25.0 Å². The summed E-state index contributed by atoms with van der Waals surface area (Å²) in [6, 6.07) is 8.68. The molecule has 1 aromatic rings. The second-order valence-corrected chi connectivity index (χ2v) is 8.26. The Balaban J connectivity index is 0.00000108. The van der Waals surface area contributed by atoms with Crippen molar-refractivity contribution in [1.82, 2.24) is 0 Å². The fourth-order valence-electron chi connectivity index (χ4n) is 1.75. The predicted octanol–water partition coefficient (Wildman–Crippen LogP) is 4.27. The summed E-state index contributed by atoms with van der Waals surface area (Å²) >= 11 is 4.58. The maximum Gasteiger partial charge on any atom is 0.214 e. The molecule has 0 radical (unpaired) electrons. The summed E-state index contributed by atoms with van der Waals surface area (Å²) in [6.07, 6.45) is 1.96. The Morgan fingerprint density at radius 2 is 1.61 bits per heavy atom. The normalized spacial score (nSPS) is 11.1. The minimum absolute atomic E-state index is 0.0816. The van der Waals surface area contributed by atoms with Gasteiger partial charge in [0.2, 0.25) is 5.91 Å². The van der Waals surface area contributed by atoms with E-state index >= 15 is 0 Å². The summed E-state index contributed by atoms with van der Waals surface area (Å²) in [5, 5.41) is 0. The second kappa shape index (κ2) is 11.9. The summed E-state index contributed by atoms with van der Waals surface area (Å²) in [7, 11) is -0.730.